The Hall–Kier alpha value is -2.73. The molecule has 0 radical (unpaired) electrons. The molecule has 0 spiro atoms. The third kappa shape index (κ3) is 4.24. The zero-order valence-corrected chi connectivity index (χ0v) is 19.0. The predicted octanol–water partition coefficient (Wildman–Crippen LogP) is 5.49. The Balaban J connectivity index is 1.83. The van der Waals surface area contributed by atoms with Crippen molar-refractivity contribution in [3.05, 3.63) is 80.3 Å². The lowest BCUT2D eigenvalue weighted by molar-refractivity contribution is 0.569. The number of nitrogens with zero attached hydrogens (tertiary/aromatic N) is 3. The molecule has 1 N–H and O–H groups in total. The van der Waals surface area contributed by atoms with Crippen LogP contribution in [0.1, 0.15) is 37.2 Å². The molecule has 2 heterocycles. The molecular weight excluding hydrogens is 440 g/mol. The average molecular weight is 465 g/mol. The van der Waals surface area contributed by atoms with E-state index in [0.717, 1.165) is 28.5 Å². The van der Waals surface area contributed by atoms with Crippen LogP contribution in [0.2, 0.25) is 0 Å². The third-order valence-electron chi connectivity index (χ3n) is 5.32. The van der Waals surface area contributed by atoms with Crippen molar-refractivity contribution >= 4 is 26.7 Å². The van der Waals surface area contributed by atoms with Crippen LogP contribution in [-0.4, -0.2) is 19.7 Å². The van der Waals surface area contributed by atoms with Gasteiger partial charge in [0, 0.05) is 21.7 Å². The van der Waals surface area contributed by atoms with Gasteiger partial charge in [0.15, 0.2) is 11.6 Å². The molecule has 0 fully saturated rings. The van der Waals surface area contributed by atoms with Gasteiger partial charge < -0.3 is 4.98 Å². The normalized spacial score (nSPS) is 11.5. The number of aromatic nitrogens is 4. The van der Waals surface area contributed by atoms with Crippen LogP contribution in [0.3, 0.4) is 0 Å². The maximum atomic E-state index is 12.7. The predicted molar refractivity (Wildman–Crippen MR) is 125 cm³/mol. The van der Waals surface area contributed by atoms with Crippen molar-refractivity contribution in [1.82, 2.24) is 19.7 Å². The first-order chi connectivity index (χ1) is 14.4. The summed E-state index contributed by atoms with van der Waals surface area (Å²) in [7, 11) is 0. The lowest BCUT2D eigenvalue weighted by Crippen LogP contribution is -2.11. The Bertz CT molecular complexity index is 1260. The van der Waals surface area contributed by atoms with Gasteiger partial charge in [-0.3, -0.25) is 4.79 Å². The first-order valence-electron chi connectivity index (χ1n) is 10.2. The van der Waals surface area contributed by atoms with E-state index in [1.165, 1.54) is 11.1 Å². The summed E-state index contributed by atoms with van der Waals surface area (Å²) in [6.45, 7) is 7.10. The summed E-state index contributed by atoms with van der Waals surface area (Å²) in [6.07, 6.45) is 1.83. The molecule has 2 aromatic carbocycles. The summed E-state index contributed by atoms with van der Waals surface area (Å²) >= 11 is 3.57. The second kappa shape index (κ2) is 8.56. The summed E-state index contributed by atoms with van der Waals surface area (Å²) < 4.78 is 2.80. The molecule has 0 amide bonds. The van der Waals surface area contributed by atoms with E-state index in [4.69, 9.17) is 10.1 Å². The van der Waals surface area contributed by atoms with Crippen molar-refractivity contribution in [2.24, 2.45) is 5.92 Å². The molecule has 0 unspecified atom stereocenters. The van der Waals surface area contributed by atoms with Crippen LogP contribution in [-0.2, 0) is 13.0 Å². The molecule has 4 aromatic rings. The number of halogens is 1. The molecule has 154 valence electrons. The Morgan fingerprint density at radius 3 is 2.67 bits per heavy atom. The van der Waals surface area contributed by atoms with Gasteiger partial charge in [-0.05, 0) is 48.6 Å². The van der Waals surface area contributed by atoms with Gasteiger partial charge in [0.25, 0.3) is 5.56 Å². The number of fused-ring (bicyclic) bond motifs is 1. The maximum Gasteiger partial charge on any atom is 0.256 e. The number of hydrogen-bond acceptors (Lipinski definition) is 3. The summed E-state index contributed by atoms with van der Waals surface area (Å²) in [5, 5.41) is 6.32. The topological polar surface area (TPSA) is 63.6 Å². The van der Waals surface area contributed by atoms with Crippen molar-refractivity contribution < 1.29 is 0 Å². The Kier molecular flexibility index (Phi) is 5.86. The minimum atomic E-state index is -0.127. The van der Waals surface area contributed by atoms with E-state index < -0.39 is 0 Å². The van der Waals surface area contributed by atoms with E-state index in [1.807, 2.05) is 41.1 Å². The molecule has 0 aliphatic heterocycles. The molecule has 0 aliphatic rings. The molecule has 0 atom stereocenters. The molecule has 6 heteroatoms. The van der Waals surface area contributed by atoms with Gasteiger partial charge in [0.05, 0.1) is 12.2 Å². The molecule has 0 saturated carbocycles. The molecule has 0 aliphatic carbocycles. The van der Waals surface area contributed by atoms with Gasteiger partial charge in [-0.2, -0.15) is 5.10 Å². The summed E-state index contributed by atoms with van der Waals surface area (Å²) in [5.74, 6) is 2.07. The first-order valence-corrected chi connectivity index (χ1v) is 11.0. The number of aromatic amines is 1. The van der Waals surface area contributed by atoms with Gasteiger partial charge in [-0.25, -0.2) is 9.67 Å². The smallest absolute Gasteiger partial charge is 0.256 e. The highest BCUT2D eigenvalue weighted by Gasteiger charge is 2.16. The summed E-state index contributed by atoms with van der Waals surface area (Å²) in [4.78, 5) is 20.6. The monoisotopic (exact) mass is 464 g/mol. The highest BCUT2D eigenvalue weighted by atomic mass is 79.9. The van der Waals surface area contributed by atoms with Crippen molar-refractivity contribution in [3.8, 4) is 11.5 Å². The zero-order valence-electron chi connectivity index (χ0n) is 17.4. The fourth-order valence-corrected chi connectivity index (χ4v) is 4.02. The highest BCUT2D eigenvalue weighted by Crippen LogP contribution is 2.26. The lowest BCUT2D eigenvalue weighted by Gasteiger charge is -2.09. The Morgan fingerprint density at radius 2 is 1.90 bits per heavy atom. The van der Waals surface area contributed by atoms with Crippen LogP contribution < -0.4 is 5.56 Å². The van der Waals surface area contributed by atoms with E-state index in [2.05, 4.69) is 53.8 Å². The molecule has 5 nitrogen and oxygen atoms in total. The second-order valence-electron chi connectivity index (χ2n) is 8.08. The molecule has 0 saturated heterocycles. The second-order valence-corrected chi connectivity index (χ2v) is 8.94. The fraction of sp³-hybridized carbons (Fsp3) is 0.292. The van der Waals surface area contributed by atoms with E-state index in [-0.39, 0.29) is 5.56 Å². The van der Waals surface area contributed by atoms with Crippen molar-refractivity contribution in [1.29, 1.82) is 0 Å². The maximum absolute atomic E-state index is 12.7. The highest BCUT2D eigenvalue weighted by molar-refractivity contribution is 9.10. The van der Waals surface area contributed by atoms with E-state index in [1.54, 1.807) is 0 Å². The summed E-state index contributed by atoms with van der Waals surface area (Å²) in [5.41, 5.74) is 2.94. The zero-order chi connectivity index (χ0) is 21.3. The largest absolute Gasteiger partial charge is 0.319 e. The van der Waals surface area contributed by atoms with Crippen LogP contribution in [0.15, 0.2) is 57.8 Å². The Labute approximate surface area is 184 Å². The summed E-state index contributed by atoms with van der Waals surface area (Å²) in [6, 6.07) is 15.9. The molecular formula is C24H25BrN4O. The van der Waals surface area contributed by atoms with Crippen LogP contribution >= 0.6 is 15.9 Å². The molecule has 2 aromatic heterocycles. The lowest BCUT2D eigenvalue weighted by atomic mass is 10.1. The SMILES string of the molecule is Cc1ccccc1Cn1nc(CCC(C)C)nc1-c1cc2c(Br)cccc2c(=O)[nH]1. The number of pyridine rings is 1. The minimum Gasteiger partial charge on any atom is -0.319 e. The molecule has 30 heavy (non-hydrogen) atoms. The van der Waals surface area contributed by atoms with Crippen LogP contribution in [0, 0.1) is 12.8 Å². The fourth-order valence-electron chi connectivity index (χ4n) is 3.54. The van der Waals surface area contributed by atoms with E-state index in [0.29, 0.717) is 29.4 Å². The molecule has 4 rings (SSSR count). The van der Waals surface area contributed by atoms with Gasteiger partial charge in [-0.1, -0.05) is 60.1 Å². The number of aryl methyl sites for hydroxylation is 2. The van der Waals surface area contributed by atoms with Crippen LogP contribution in [0.4, 0.5) is 0 Å². The van der Waals surface area contributed by atoms with E-state index >= 15 is 0 Å². The first kappa shape index (κ1) is 20.5. The minimum absolute atomic E-state index is 0.127. The van der Waals surface area contributed by atoms with Gasteiger partial charge in [0.1, 0.15) is 0 Å². The van der Waals surface area contributed by atoms with E-state index in [9.17, 15) is 4.79 Å². The third-order valence-corrected chi connectivity index (χ3v) is 6.01. The van der Waals surface area contributed by atoms with Gasteiger partial charge in [0.2, 0.25) is 0 Å². The quantitative estimate of drug-likeness (QED) is 0.409. The number of hydrogen-bond donors (Lipinski definition) is 1. The van der Waals surface area contributed by atoms with Crippen molar-refractivity contribution in [2.45, 2.75) is 40.2 Å². The van der Waals surface area contributed by atoms with Crippen LogP contribution in [0.5, 0.6) is 0 Å². The van der Waals surface area contributed by atoms with Crippen molar-refractivity contribution in [2.75, 3.05) is 0 Å². The number of rotatable bonds is 6. The van der Waals surface area contributed by atoms with Gasteiger partial charge >= 0.3 is 0 Å². The standard InChI is InChI=1S/C24H25BrN4O/c1-15(2)11-12-22-27-23(29(28-22)14-17-8-5-4-7-16(17)3)21-13-19-18(24(30)26-21)9-6-10-20(19)25/h4-10,13,15H,11-12,14H2,1-3H3,(H,26,30). The van der Waals surface area contributed by atoms with Gasteiger partial charge in [-0.15, -0.1) is 0 Å². The number of benzene rings is 2. The Morgan fingerprint density at radius 1 is 1.10 bits per heavy atom. The number of nitrogens with one attached hydrogen (secondary N) is 1. The van der Waals surface area contributed by atoms with Crippen molar-refractivity contribution in [3.63, 3.8) is 0 Å². The molecule has 0 bridgehead atoms. The number of H-pyrrole nitrogens is 1. The average Bonchev–Trinajstić information content (AvgIpc) is 3.12. The van der Waals surface area contributed by atoms with Crippen LogP contribution in [0.25, 0.3) is 22.3 Å².